The molecule has 13 nitrogen and oxygen atoms in total. The third kappa shape index (κ3) is 9.86. The summed E-state index contributed by atoms with van der Waals surface area (Å²) in [5.41, 5.74) is 1.40. The molecule has 206 valence electrons. The van der Waals surface area contributed by atoms with Gasteiger partial charge in [0.05, 0.1) is 24.2 Å². The first-order valence-corrected chi connectivity index (χ1v) is 13.4. The first kappa shape index (κ1) is 36.7. The zero-order valence-electron chi connectivity index (χ0n) is 22.6. The van der Waals surface area contributed by atoms with E-state index in [1.807, 2.05) is 12.1 Å². The molecule has 0 radical (unpaired) electrons. The first-order chi connectivity index (χ1) is 17.3. The van der Waals surface area contributed by atoms with Crippen LogP contribution in [-0.4, -0.2) is 75.0 Å². The molecule has 1 aliphatic rings. The van der Waals surface area contributed by atoms with Gasteiger partial charge in [-0.05, 0) is 30.9 Å². The Labute approximate surface area is 270 Å². The number of aliphatic carboxylic acids is 1. The van der Waals surface area contributed by atoms with Crippen LogP contribution in [0.1, 0.15) is 32.8 Å². The number of aliphatic hydroxyl groups excluding tert-OH is 3. The van der Waals surface area contributed by atoms with Crippen molar-refractivity contribution >= 4 is 30.5 Å². The van der Waals surface area contributed by atoms with Crippen LogP contribution in [0, 0.1) is 5.92 Å². The molecule has 16 heteroatoms. The predicted octanol–water partition coefficient (Wildman–Crippen LogP) is -7.73. The van der Waals surface area contributed by atoms with Crippen molar-refractivity contribution in [2.45, 2.75) is 76.4 Å². The Kier molecular flexibility index (Phi) is 14.8. The summed E-state index contributed by atoms with van der Waals surface area (Å²) in [7, 11) is -5.10. The molecule has 0 saturated carbocycles. The van der Waals surface area contributed by atoms with Crippen molar-refractivity contribution in [3.8, 4) is 0 Å². The fourth-order valence-corrected chi connectivity index (χ4v) is 5.25. The molecule has 2 heterocycles. The Bertz CT molecular complexity index is 1150. The summed E-state index contributed by atoms with van der Waals surface area (Å²) < 4.78 is 22.7. The van der Waals surface area contributed by atoms with Crippen LogP contribution in [0.15, 0.2) is 30.5 Å². The van der Waals surface area contributed by atoms with E-state index in [1.54, 1.807) is 32.2 Å². The van der Waals surface area contributed by atoms with Crippen molar-refractivity contribution in [1.82, 2.24) is 15.4 Å². The van der Waals surface area contributed by atoms with Crippen LogP contribution < -0.4 is 79.5 Å². The quantitative estimate of drug-likeness (QED) is 0.107. The fraction of sp³-hybridized carbons (Fsp3) is 0.565. The summed E-state index contributed by atoms with van der Waals surface area (Å²) in [6.07, 6.45) is -6.47. The molecule has 1 fully saturated rings. The molecule has 0 aliphatic carbocycles. The second-order valence-corrected chi connectivity index (χ2v) is 11.0. The number of para-hydroxylation sites is 1. The smallest absolute Gasteiger partial charge is 0.766 e. The molecular formula is C23H32N3Na2O10P. The normalized spacial score (nSPS) is 26.1. The summed E-state index contributed by atoms with van der Waals surface area (Å²) >= 11 is 0. The van der Waals surface area contributed by atoms with E-state index in [4.69, 9.17) is 9.26 Å². The minimum Gasteiger partial charge on any atom is -0.766 e. The zero-order valence-corrected chi connectivity index (χ0v) is 27.5. The molecule has 39 heavy (non-hydrogen) atoms. The largest absolute Gasteiger partial charge is 1.00 e. The van der Waals surface area contributed by atoms with E-state index in [-0.39, 0.29) is 77.9 Å². The fourth-order valence-electron chi connectivity index (χ4n) is 4.13. The van der Waals surface area contributed by atoms with Crippen molar-refractivity contribution in [3.63, 3.8) is 0 Å². The van der Waals surface area contributed by atoms with Gasteiger partial charge in [-0.25, -0.2) is 5.09 Å². The van der Waals surface area contributed by atoms with Crippen LogP contribution in [0.2, 0.25) is 0 Å². The Morgan fingerprint density at radius 2 is 1.77 bits per heavy atom. The van der Waals surface area contributed by atoms with Gasteiger partial charge in [-0.2, -0.15) is 0 Å². The number of H-pyrrole nitrogens is 1. The van der Waals surface area contributed by atoms with Gasteiger partial charge in [0.1, 0.15) is 18.3 Å². The molecule has 1 amide bonds. The number of benzene rings is 1. The van der Waals surface area contributed by atoms with E-state index >= 15 is 0 Å². The number of hydrogen-bond acceptors (Lipinski definition) is 10. The van der Waals surface area contributed by atoms with Gasteiger partial charge in [-0.1, -0.05) is 32.0 Å². The van der Waals surface area contributed by atoms with Crippen LogP contribution in [0.25, 0.3) is 10.9 Å². The second-order valence-electron chi connectivity index (χ2n) is 9.54. The molecule has 0 bridgehead atoms. The van der Waals surface area contributed by atoms with Gasteiger partial charge in [-0.3, -0.25) is 13.9 Å². The number of carboxylic acid groups (broad SMARTS) is 1. The van der Waals surface area contributed by atoms with E-state index < -0.39 is 62.4 Å². The summed E-state index contributed by atoms with van der Waals surface area (Å²) in [6, 6.07) is 4.31. The van der Waals surface area contributed by atoms with Gasteiger partial charge in [0.15, 0.2) is 6.29 Å². The summed E-state index contributed by atoms with van der Waals surface area (Å²) in [4.78, 5) is 40.6. The minimum atomic E-state index is -5.10. The maximum absolute atomic E-state index is 13.0. The number of rotatable bonds is 11. The van der Waals surface area contributed by atoms with Crippen LogP contribution in [0.3, 0.4) is 0 Å². The second kappa shape index (κ2) is 15.8. The van der Waals surface area contributed by atoms with Crippen molar-refractivity contribution in [2.75, 3.05) is 0 Å². The Morgan fingerprint density at radius 1 is 1.13 bits per heavy atom. The van der Waals surface area contributed by atoms with E-state index in [1.165, 1.54) is 6.92 Å². The molecule has 1 saturated heterocycles. The average molecular weight is 587 g/mol. The van der Waals surface area contributed by atoms with Crippen molar-refractivity contribution in [3.05, 3.63) is 36.0 Å². The molecule has 6 N–H and O–H groups in total. The van der Waals surface area contributed by atoms with Gasteiger partial charge < -0.3 is 45.2 Å². The maximum atomic E-state index is 13.0. The van der Waals surface area contributed by atoms with Crippen LogP contribution in [0.5, 0.6) is 0 Å². The van der Waals surface area contributed by atoms with Crippen LogP contribution >= 0.6 is 7.75 Å². The number of carboxylic acids is 1. The molecule has 1 aromatic carbocycles. The number of nitrogens with one attached hydrogen (secondary N) is 3. The Morgan fingerprint density at radius 3 is 2.38 bits per heavy atom. The third-order valence-corrected chi connectivity index (χ3v) is 7.20. The number of amides is 1. The molecule has 1 unspecified atom stereocenters. The SMILES string of the molecule is CC(C)C[C@H](NP(=O)([O-])O[C@@H]1O[C@@H](C)[C@@H](O)[C@@H](O)[C@H]1O)C(=O)N[C@@H](Cc1c[nH]c2ccccc12)C(=O)[O-].[Na+].[Na+]. The van der Waals surface area contributed by atoms with E-state index in [0.29, 0.717) is 5.56 Å². The molecule has 8 atom stereocenters. The molecule has 2 aromatic rings. The van der Waals surface area contributed by atoms with E-state index in [0.717, 1.165) is 10.9 Å². The van der Waals surface area contributed by atoms with Gasteiger partial charge >= 0.3 is 59.1 Å². The topological polar surface area (TPSA) is 216 Å². The Hall–Kier alpha value is -0.350. The zero-order chi connectivity index (χ0) is 27.5. The number of aliphatic hydroxyl groups is 3. The number of aromatic amines is 1. The molecule has 0 spiro atoms. The summed E-state index contributed by atoms with van der Waals surface area (Å²) in [5.74, 6) is -2.66. The van der Waals surface area contributed by atoms with E-state index in [9.17, 15) is 39.5 Å². The molecular weight excluding hydrogens is 555 g/mol. The summed E-state index contributed by atoms with van der Waals surface area (Å²) in [5, 5.41) is 46.7. The monoisotopic (exact) mass is 587 g/mol. The average Bonchev–Trinajstić information content (AvgIpc) is 3.22. The van der Waals surface area contributed by atoms with Crippen LogP contribution in [-0.2, 0) is 29.8 Å². The Balaban J connectivity index is 0.00000380. The number of hydrogen-bond donors (Lipinski definition) is 6. The van der Waals surface area contributed by atoms with Gasteiger partial charge in [0.2, 0.25) is 13.7 Å². The third-order valence-electron chi connectivity index (χ3n) is 6.09. The summed E-state index contributed by atoms with van der Waals surface area (Å²) in [6.45, 7) is 4.81. The first-order valence-electron chi connectivity index (χ1n) is 11.8. The number of carbonyl (C=O) groups excluding carboxylic acids is 2. The number of fused-ring (bicyclic) bond motifs is 1. The molecule has 3 rings (SSSR count). The molecule has 1 aromatic heterocycles. The predicted molar refractivity (Wildman–Crippen MR) is 126 cm³/mol. The van der Waals surface area contributed by atoms with Crippen LogP contribution in [0.4, 0.5) is 0 Å². The van der Waals surface area contributed by atoms with Gasteiger partial charge in [0.25, 0.3) is 0 Å². The number of aromatic nitrogens is 1. The van der Waals surface area contributed by atoms with Gasteiger partial charge in [-0.15, -0.1) is 0 Å². The van der Waals surface area contributed by atoms with Crippen molar-refractivity contribution in [2.24, 2.45) is 5.92 Å². The van der Waals surface area contributed by atoms with Crippen molar-refractivity contribution in [1.29, 1.82) is 0 Å². The number of ether oxygens (including phenoxy) is 1. The maximum Gasteiger partial charge on any atom is 1.00 e. The minimum absolute atomic E-state index is 0. The molecule has 1 aliphatic heterocycles. The van der Waals surface area contributed by atoms with Gasteiger partial charge in [0, 0.05) is 23.5 Å². The standard InChI is InChI=1S/C23H34N3O10P.2Na/c1-11(2)8-16(26-37(33,34)36-23-20(29)19(28)18(27)12(3)35-23)21(30)25-17(22(31)32)9-13-10-24-15-7-5-4-6-14(13)15;;/h4-7,10-12,16-20,23-24,27-29H,8-9H2,1-3H3,(H,25,30)(H,31,32)(H2,26,33,34);;/q;2*+1/p-2/t12-,16-,17-,18+,19+,20+,23-;;/m0../s1. The number of carbonyl (C=O) groups is 2. The van der Waals surface area contributed by atoms with E-state index in [2.05, 4.69) is 15.4 Å². The van der Waals surface area contributed by atoms with Crippen molar-refractivity contribution < 1.29 is 108 Å².